The van der Waals surface area contributed by atoms with Crippen molar-refractivity contribution in [3.05, 3.63) is 0 Å². The Labute approximate surface area is 58.1 Å². The maximum absolute atomic E-state index is 10.5. The average Bonchev–Trinajstić information content (AvgIpc) is 2.12. The van der Waals surface area contributed by atoms with Crippen LogP contribution in [0.4, 0.5) is 0 Å². The van der Waals surface area contributed by atoms with Crippen molar-refractivity contribution in [2.24, 2.45) is 0 Å². The van der Waals surface area contributed by atoms with Crippen LogP contribution in [-0.4, -0.2) is 18.2 Å². The van der Waals surface area contributed by atoms with Crippen LogP contribution in [0, 0.1) is 0 Å². The highest BCUT2D eigenvalue weighted by molar-refractivity contribution is 5.72. The van der Waals surface area contributed by atoms with E-state index in [1.807, 2.05) is 0 Å². The third-order valence-corrected chi connectivity index (χ3v) is 1.37. The van der Waals surface area contributed by atoms with Gasteiger partial charge in [-0.05, 0) is 0 Å². The molecule has 1 rings (SSSR count). The van der Waals surface area contributed by atoms with Crippen LogP contribution in [0.15, 0.2) is 0 Å². The molecule has 4 nitrogen and oxygen atoms in total. The maximum Gasteiger partial charge on any atom is 0.420 e. The van der Waals surface area contributed by atoms with Crippen LogP contribution in [0.3, 0.4) is 0 Å². The van der Waals surface area contributed by atoms with E-state index in [2.05, 4.69) is 9.47 Å². The van der Waals surface area contributed by atoms with Gasteiger partial charge in [0.2, 0.25) is 0 Å². The lowest BCUT2D eigenvalue weighted by Crippen LogP contribution is -2.27. The number of hydrogen-bond donors (Lipinski definition) is 0. The minimum atomic E-state index is -1.06. The third-order valence-electron chi connectivity index (χ3n) is 1.37. The number of rotatable bonds is 2. The van der Waals surface area contributed by atoms with E-state index in [-0.39, 0.29) is 5.97 Å². The Hall–Kier alpha value is -1.06. The van der Waals surface area contributed by atoms with Crippen molar-refractivity contribution in [3.63, 3.8) is 0 Å². The van der Waals surface area contributed by atoms with Gasteiger partial charge in [-0.25, -0.2) is 4.79 Å². The molecule has 1 unspecified atom stereocenters. The zero-order valence-corrected chi connectivity index (χ0v) is 5.55. The second-order valence-corrected chi connectivity index (χ2v) is 2.29. The summed E-state index contributed by atoms with van der Waals surface area (Å²) < 4.78 is 9.08. The zero-order valence-electron chi connectivity index (χ0n) is 5.55. The molecule has 1 aliphatic rings. The van der Waals surface area contributed by atoms with Gasteiger partial charge in [-0.1, -0.05) is 0 Å². The van der Waals surface area contributed by atoms with Crippen molar-refractivity contribution < 1.29 is 19.1 Å². The molecule has 1 aliphatic heterocycles. The molecular weight excluding hydrogens is 136 g/mol. The summed E-state index contributed by atoms with van der Waals surface area (Å²) in [5, 5.41) is 0. The smallest absolute Gasteiger partial charge is 0.420 e. The Morgan fingerprint density at radius 1 is 1.80 bits per heavy atom. The number of cyclic esters (lactones) is 1. The normalized spacial score (nSPS) is 31.5. The van der Waals surface area contributed by atoms with Crippen LogP contribution in [-0.2, 0) is 19.1 Å². The molecule has 1 saturated heterocycles. The molecule has 0 amide bonds. The molecule has 0 spiro atoms. The Morgan fingerprint density at radius 3 is 2.90 bits per heavy atom. The Kier molecular flexibility index (Phi) is 1.61. The number of esters is 1. The van der Waals surface area contributed by atoms with Crippen molar-refractivity contribution in [2.75, 3.05) is 0 Å². The molecule has 1 fully saturated rings. The minimum absolute atomic E-state index is 0.304. The van der Waals surface area contributed by atoms with Crippen LogP contribution in [0.2, 0.25) is 0 Å². The molecular formula is C6H7O4. The fourth-order valence-corrected chi connectivity index (χ4v) is 0.832. The first-order valence-electron chi connectivity index (χ1n) is 2.93. The summed E-state index contributed by atoms with van der Waals surface area (Å²) in [4.78, 5) is 20.2. The number of ether oxygens (including phenoxy) is 2. The highest BCUT2D eigenvalue weighted by atomic mass is 16.7. The third kappa shape index (κ3) is 1.26. The molecule has 0 bridgehead atoms. The van der Waals surface area contributed by atoms with E-state index in [4.69, 9.17) is 0 Å². The van der Waals surface area contributed by atoms with Crippen molar-refractivity contribution in [1.29, 1.82) is 0 Å². The summed E-state index contributed by atoms with van der Waals surface area (Å²) in [6.07, 6.45) is 0.721. The predicted molar refractivity (Wildman–Crippen MR) is 30.5 cm³/mol. The van der Waals surface area contributed by atoms with E-state index in [1.54, 1.807) is 0 Å². The van der Waals surface area contributed by atoms with E-state index in [1.165, 1.54) is 13.4 Å². The quantitative estimate of drug-likeness (QED) is 0.515. The van der Waals surface area contributed by atoms with Crippen molar-refractivity contribution in [2.45, 2.75) is 25.6 Å². The van der Waals surface area contributed by atoms with E-state index in [0.717, 1.165) is 0 Å². The highest BCUT2D eigenvalue weighted by Crippen LogP contribution is 2.26. The molecule has 10 heavy (non-hydrogen) atoms. The van der Waals surface area contributed by atoms with Crippen molar-refractivity contribution in [3.8, 4) is 0 Å². The number of carbonyl (C=O) groups is 1. The van der Waals surface area contributed by atoms with E-state index >= 15 is 0 Å². The lowest BCUT2D eigenvalue weighted by molar-refractivity contribution is -0.175. The van der Waals surface area contributed by atoms with Gasteiger partial charge in [0.15, 0.2) is 0 Å². The van der Waals surface area contributed by atoms with Gasteiger partial charge >= 0.3 is 12.4 Å². The fourth-order valence-electron chi connectivity index (χ4n) is 0.832. The first kappa shape index (κ1) is 7.05. The van der Waals surface area contributed by atoms with Gasteiger partial charge in [0, 0.05) is 13.3 Å². The summed E-state index contributed by atoms with van der Waals surface area (Å²) in [6.45, 7) is 2.77. The molecule has 1 heterocycles. The molecule has 4 heteroatoms. The summed E-state index contributed by atoms with van der Waals surface area (Å²) in [7, 11) is 0. The minimum Gasteiger partial charge on any atom is -0.423 e. The number of hydrogen-bond acceptors (Lipinski definition) is 4. The lowest BCUT2D eigenvalue weighted by atomic mass is 10.2. The molecule has 0 aromatic heterocycles. The van der Waals surface area contributed by atoms with Crippen LogP contribution < -0.4 is 0 Å². The Morgan fingerprint density at radius 2 is 2.50 bits per heavy atom. The number of carbonyl (C=O) groups excluding carboxylic acids is 2. The van der Waals surface area contributed by atoms with Crippen LogP contribution in [0.5, 0.6) is 0 Å². The first-order chi connectivity index (χ1) is 4.66. The van der Waals surface area contributed by atoms with Crippen LogP contribution >= 0.6 is 0 Å². The topological polar surface area (TPSA) is 52.6 Å². The monoisotopic (exact) mass is 143 g/mol. The second kappa shape index (κ2) is 2.28. The summed E-state index contributed by atoms with van der Waals surface area (Å²) in [6, 6.07) is 0. The molecule has 0 saturated carbocycles. The van der Waals surface area contributed by atoms with Gasteiger partial charge < -0.3 is 9.47 Å². The maximum atomic E-state index is 10.5. The van der Waals surface area contributed by atoms with Crippen molar-refractivity contribution in [1.82, 2.24) is 0 Å². The highest BCUT2D eigenvalue weighted by Gasteiger charge is 2.37. The largest absolute Gasteiger partial charge is 0.423 e. The standard InChI is InChI=1S/C6H7O4/c1-6(9-4-7)3-2-5(8)10-6/h2-3H2,1H3. The second-order valence-electron chi connectivity index (χ2n) is 2.29. The Bertz CT molecular complexity index is 165. The van der Waals surface area contributed by atoms with E-state index < -0.39 is 5.79 Å². The molecule has 55 valence electrons. The van der Waals surface area contributed by atoms with Gasteiger partial charge in [-0.15, -0.1) is 0 Å². The Balaban J connectivity index is 2.53. The van der Waals surface area contributed by atoms with Gasteiger partial charge in [-0.3, -0.25) is 4.79 Å². The van der Waals surface area contributed by atoms with Gasteiger partial charge in [0.25, 0.3) is 5.79 Å². The van der Waals surface area contributed by atoms with Crippen molar-refractivity contribution >= 4 is 12.4 Å². The molecule has 1 atom stereocenters. The van der Waals surface area contributed by atoms with E-state index in [0.29, 0.717) is 12.8 Å². The molecule has 0 aromatic rings. The van der Waals surface area contributed by atoms with Crippen LogP contribution in [0.25, 0.3) is 0 Å². The molecule has 1 radical (unpaired) electrons. The SMILES string of the molecule is CC1(O[C]=O)CCC(=O)O1. The van der Waals surface area contributed by atoms with Crippen LogP contribution in [0.1, 0.15) is 19.8 Å². The van der Waals surface area contributed by atoms with Gasteiger partial charge in [-0.2, -0.15) is 0 Å². The summed E-state index contributed by atoms with van der Waals surface area (Å²) in [5.41, 5.74) is 0. The molecule has 0 N–H and O–H groups in total. The molecule has 0 aliphatic carbocycles. The summed E-state index contributed by atoms with van der Waals surface area (Å²) in [5.74, 6) is -1.39. The van der Waals surface area contributed by atoms with Gasteiger partial charge in [0.05, 0.1) is 6.42 Å². The lowest BCUT2D eigenvalue weighted by Gasteiger charge is -2.18. The average molecular weight is 143 g/mol. The van der Waals surface area contributed by atoms with E-state index in [9.17, 15) is 9.59 Å². The predicted octanol–water partition coefficient (Wildman–Crippen LogP) is 0.123. The molecule has 0 aromatic carbocycles. The van der Waals surface area contributed by atoms with Gasteiger partial charge in [0.1, 0.15) is 0 Å². The first-order valence-corrected chi connectivity index (χ1v) is 2.93. The zero-order chi connectivity index (χ0) is 7.61. The fraction of sp³-hybridized carbons (Fsp3) is 0.667. The summed E-state index contributed by atoms with van der Waals surface area (Å²) >= 11 is 0.